The molecule has 0 spiro atoms. The van der Waals surface area contributed by atoms with Gasteiger partial charge in [-0.2, -0.15) is 0 Å². The Labute approximate surface area is 134 Å². The molecule has 0 unspecified atom stereocenters. The quantitative estimate of drug-likeness (QED) is 0.564. The van der Waals surface area contributed by atoms with Crippen LogP contribution < -0.4 is 5.32 Å². The van der Waals surface area contributed by atoms with Crippen molar-refractivity contribution in [1.82, 2.24) is 9.97 Å². The fourth-order valence-corrected chi connectivity index (χ4v) is 2.10. The van der Waals surface area contributed by atoms with Crippen LogP contribution in [0.4, 0.5) is 17.3 Å². The summed E-state index contributed by atoms with van der Waals surface area (Å²) in [7, 11) is 0. The molecule has 2 heterocycles. The smallest absolute Gasteiger partial charge is 0.278 e. The number of anilines is 2. The van der Waals surface area contributed by atoms with E-state index in [0.717, 1.165) is 5.56 Å². The monoisotopic (exact) mass is 310 g/mol. The third-order valence-electron chi connectivity index (χ3n) is 3.08. The number of aryl methyl sites for hydroxylation is 1. The van der Waals surface area contributed by atoms with Crippen LogP contribution in [-0.2, 0) is 0 Å². The summed E-state index contributed by atoms with van der Waals surface area (Å²) in [4.78, 5) is 19.2. The number of nitro groups is 1. The largest absolute Gasteiger partial charge is 0.325 e. The van der Waals surface area contributed by atoms with E-state index in [1.54, 1.807) is 30.5 Å². The van der Waals surface area contributed by atoms with Crippen molar-refractivity contribution in [2.24, 2.45) is 0 Å². The van der Waals surface area contributed by atoms with Gasteiger partial charge in [0.2, 0.25) is 0 Å². The van der Waals surface area contributed by atoms with E-state index in [1.165, 1.54) is 6.07 Å². The highest BCUT2D eigenvalue weighted by Crippen LogP contribution is 2.26. The van der Waals surface area contributed by atoms with Crippen molar-refractivity contribution < 1.29 is 4.92 Å². The van der Waals surface area contributed by atoms with E-state index in [-0.39, 0.29) is 5.69 Å². The van der Waals surface area contributed by atoms with Crippen molar-refractivity contribution >= 4 is 28.2 Å². The average Bonchev–Trinajstić information content (AvgIpc) is 2.56. The minimum Gasteiger partial charge on any atom is -0.325 e. The highest BCUT2D eigenvalue weighted by molar-refractivity contribution is 5.89. The molecule has 118 valence electrons. The molecule has 0 aliphatic rings. The standard InChI is InChI=1S/C15H12N4O2.C2H6/c1-10-7-8-16-15(9-10)18-14-6-5-11-12(17-14)3-2-4-13(11)19(20)21;1-2/h2-9H,1H3,(H,16,17,18);1-2H3. The van der Waals surface area contributed by atoms with Gasteiger partial charge in [0.15, 0.2) is 0 Å². The highest BCUT2D eigenvalue weighted by atomic mass is 16.6. The summed E-state index contributed by atoms with van der Waals surface area (Å²) in [6.07, 6.45) is 1.71. The zero-order valence-electron chi connectivity index (χ0n) is 13.3. The Balaban J connectivity index is 0.000000924. The first-order valence-electron chi connectivity index (χ1n) is 7.37. The number of fused-ring (bicyclic) bond motifs is 1. The van der Waals surface area contributed by atoms with Gasteiger partial charge in [0.05, 0.1) is 15.8 Å². The van der Waals surface area contributed by atoms with E-state index < -0.39 is 4.92 Å². The molecule has 6 heteroatoms. The molecule has 0 radical (unpaired) electrons. The van der Waals surface area contributed by atoms with Crippen LogP contribution in [0.3, 0.4) is 0 Å². The Morgan fingerprint density at radius 2 is 1.87 bits per heavy atom. The van der Waals surface area contributed by atoms with Crippen LogP contribution >= 0.6 is 0 Å². The van der Waals surface area contributed by atoms with Gasteiger partial charge in [-0.3, -0.25) is 10.1 Å². The molecule has 6 nitrogen and oxygen atoms in total. The predicted octanol–water partition coefficient (Wildman–Crippen LogP) is 4.62. The SMILES string of the molecule is CC.Cc1ccnc(Nc2ccc3c([N+](=O)[O-])cccc3n2)c1. The number of nitrogens with one attached hydrogen (secondary N) is 1. The number of hydrogen-bond donors (Lipinski definition) is 1. The molecule has 0 aliphatic heterocycles. The van der Waals surface area contributed by atoms with Crippen LogP contribution in [0.25, 0.3) is 10.9 Å². The Bertz CT molecular complexity index is 834. The van der Waals surface area contributed by atoms with Crippen LogP contribution in [0, 0.1) is 17.0 Å². The number of hydrogen-bond acceptors (Lipinski definition) is 5. The lowest BCUT2D eigenvalue weighted by atomic mass is 10.2. The summed E-state index contributed by atoms with van der Waals surface area (Å²) in [6.45, 7) is 5.98. The van der Waals surface area contributed by atoms with Crippen LogP contribution in [0.5, 0.6) is 0 Å². The molecule has 0 bridgehead atoms. The van der Waals surface area contributed by atoms with Crippen LogP contribution in [0.15, 0.2) is 48.7 Å². The molecule has 0 atom stereocenters. The molecule has 0 aliphatic carbocycles. The van der Waals surface area contributed by atoms with Crippen molar-refractivity contribution in [3.05, 3.63) is 64.3 Å². The van der Waals surface area contributed by atoms with Gasteiger partial charge in [-0.25, -0.2) is 9.97 Å². The zero-order valence-corrected chi connectivity index (χ0v) is 13.3. The third-order valence-corrected chi connectivity index (χ3v) is 3.08. The molecule has 0 saturated heterocycles. The second-order valence-corrected chi connectivity index (χ2v) is 4.64. The van der Waals surface area contributed by atoms with Gasteiger partial charge in [0.1, 0.15) is 11.6 Å². The van der Waals surface area contributed by atoms with Gasteiger partial charge < -0.3 is 5.32 Å². The molecular weight excluding hydrogens is 292 g/mol. The molecular formula is C17H18N4O2. The van der Waals surface area contributed by atoms with Crippen molar-refractivity contribution in [3.8, 4) is 0 Å². The fourth-order valence-electron chi connectivity index (χ4n) is 2.10. The maximum atomic E-state index is 11.0. The lowest BCUT2D eigenvalue weighted by Crippen LogP contribution is -1.97. The predicted molar refractivity (Wildman–Crippen MR) is 92.0 cm³/mol. The second kappa shape index (κ2) is 7.31. The number of aromatic nitrogens is 2. The van der Waals surface area contributed by atoms with Crippen molar-refractivity contribution in [2.75, 3.05) is 5.32 Å². The zero-order chi connectivity index (χ0) is 16.8. The summed E-state index contributed by atoms with van der Waals surface area (Å²) in [5, 5.41) is 14.6. The molecule has 0 amide bonds. The molecule has 0 saturated carbocycles. The average molecular weight is 310 g/mol. The van der Waals surface area contributed by atoms with Crippen LogP contribution in [-0.4, -0.2) is 14.9 Å². The molecule has 2 aromatic heterocycles. The van der Waals surface area contributed by atoms with Crippen molar-refractivity contribution in [2.45, 2.75) is 20.8 Å². The summed E-state index contributed by atoms with van der Waals surface area (Å²) >= 11 is 0. The summed E-state index contributed by atoms with van der Waals surface area (Å²) in [5.74, 6) is 1.29. The summed E-state index contributed by atoms with van der Waals surface area (Å²) < 4.78 is 0. The molecule has 3 aromatic rings. The second-order valence-electron chi connectivity index (χ2n) is 4.64. The van der Waals surface area contributed by atoms with Gasteiger partial charge >= 0.3 is 0 Å². The van der Waals surface area contributed by atoms with E-state index >= 15 is 0 Å². The van der Waals surface area contributed by atoms with Gasteiger partial charge in [0, 0.05) is 12.3 Å². The highest BCUT2D eigenvalue weighted by Gasteiger charge is 2.12. The first-order chi connectivity index (χ1) is 11.1. The number of non-ortho nitro benzene ring substituents is 1. The van der Waals surface area contributed by atoms with Crippen molar-refractivity contribution in [3.63, 3.8) is 0 Å². The lowest BCUT2D eigenvalue weighted by Gasteiger charge is -2.06. The minimum absolute atomic E-state index is 0.0558. The molecule has 23 heavy (non-hydrogen) atoms. The summed E-state index contributed by atoms with van der Waals surface area (Å²) in [6, 6.07) is 12.1. The van der Waals surface area contributed by atoms with E-state index in [1.807, 2.05) is 32.9 Å². The Kier molecular flexibility index (Phi) is 5.19. The van der Waals surface area contributed by atoms with E-state index in [4.69, 9.17) is 0 Å². The van der Waals surface area contributed by atoms with Crippen LogP contribution in [0.1, 0.15) is 19.4 Å². The van der Waals surface area contributed by atoms with Gasteiger partial charge in [-0.15, -0.1) is 0 Å². The normalized spacial score (nSPS) is 9.87. The van der Waals surface area contributed by atoms with Gasteiger partial charge in [0.25, 0.3) is 5.69 Å². The Morgan fingerprint density at radius 3 is 2.57 bits per heavy atom. The maximum Gasteiger partial charge on any atom is 0.278 e. The topological polar surface area (TPSA) is 81.0 Å². The number of benzene rings is 1. The molecule has 1 N–H and O–H groups in total. The van der Waals surface area contributed by atoms with E-state index in [2.05, 4.69) is 15.3 Å². The summed E-state index contributed by atoms with van der Waals surface area (Å²) in [5.41, 5.74) is 1.71. The van der Waals surface area contributed by atoms with Gasteiger partial charge in [-0.05, 0) is 42.8 Å². The maximum absolute atomic E-state index is 11.0. The Hall–Kier alpha value is -3.02. The van der Waals surface area contributed by atoms with Crippen LogP contribution in [0.2, 0.25) is 0 Å². The van der Waals surface area contributed by atoms with Crippen molar-refractivity contribution in [1.29, 1.82) is 0 Å². The fraction of sp³-hybridized carbons (Fsp3) is 0.176. The first-order valence-corrected chi connectivity index (χ1v) is 7.37. The number of pyridine rings is 2. The molecule has 3 rings (SSSR count). The number of nitro benzene ring substituents is 1. The molecule has 0 fully saturated rings. The molecule has 1 aromatic carbocycles. The Morgan fingerprint density at radius 1 is 1.09 bits per heavy atom. The lowest BCUT2D eigenvalue weighted by molar-refractivity contribution is -0.383. The minimum atomic E-state index is -0.404. The number of nitrogens with zero attached hydrogens (tertiary/aromatic N) is 3. The third kappa shape index (κ3) is 3.79. The van der Waals surface area contributed by atoms with E-state index in [9.17, 15) is 10.1 Å². The van der Waals surface area contributed by atoms with Gasteiger partial charge in [-0.1, -0.05) is 19.9 Å². The van der Waals surface area contributed by atoms with E-state index in [0.29, 0.717) is 22.5 Å². The number of rotatable bonds is 3. The first kappa shape index (κ1) is 16.4.